The first-order valence-electron chi connectivity index (χ1n) is 11.3. The molecule has 2 saturated heterocycles. The molecule has 2 amide bonds. The zero-order valence-corrected chi connectivity index (χ0v) is 18.0. The van der Waals surface area contributed by atoms with Gasteiger partial charge in [-0.05, 0) is 74.1 Å². The molecule has 2 aliphatic rings. The Kier molecular flexibility index (Phi) is 6.54. The van der Waals surface area contributed by atoms with E-state index in [2.05, 4.69) is 22.3 Å². The smallest absolute Gasteiger partial charge is 0.247 e. The van der Waals surface area contributed by atoms with Crippen LogP contribution in [-0.4, -0.2) is 35.8 Å². The number of halogens is 1. The summed E-state index contributed by atoms with van der Waals surface area (Å²) in [7, 11) is 0. The Morgan fingerprint density at radius 2 is 1.71 bits per heavy atom. The molecular formula is C25H30FN3O2. The second-order valence-electron chi connectivity index (χ2n) is 8.43. The van der Waals surface area contributed by atoms with Crippen molar-refractivity contribution in [3.63, 3.8) is 0 Å². The Morgan fingerprint density at radius 3 is 2.42 bits per heavy atom. The standard InChI is InChI=1S/C25H30FN3O2/c1-2-5-24(30)29-17-4-7-23(29)25(31)27-20-12-8-18(9-13-20)22-6-3-16-28(22)21-14-10-19(26)11-15-21/h8-15,22-23H,2-7,16-17H2,1H3,(H,27,31)/t22-,23-/m0/s1. The summed E-state index contributed by atoms with van der Waals surface area (Å²) < 4.78 is 13.3. The molecule has 0 bridgehead atoms. The van der Waals surface area contributed by atoms with Crippen molar-refractivity contribution in [1.29, 1.82) is 0 Å². The van der Waals surface area contributed by atoms with Crippen molar-refractivity contribution in [1.82, 2.24) is 4.90 Å². The molecule has 2 atom stereocenters. The van der Waals surface area contributed by atoms with Gasteiger partial charge in [0.2, 0.25) is 11.8 Å². The van der Waals surface area contributed by atoms with Gasteiger partial charge in [0, 0.05) is 30.9 Å². The van der Waals surface area contributed by atoms with Crippen molar-refractivity contribution < 1.29 is 14.0 Å². The number of nitrogens with zero attached hydrogens (tertiary/aromatic N) is 2. The van der Waals surface area contributed by atoms with Gasteiger partial charge in [0.15, 0.2) is 0 Å². The first kappa shape index (κ1) is 21.3. The lowest BCUT2D eigenvalue weighted by Crippen LogP contribution is -2.43. The number of likely N-dealkylation sites (tertiary alicyclic amines) is 1. The van der Waals surface area contributed by atoms with Gasteiger partial charge in [-0.2, -0.15) is 0 Å². The lowest BCUT2D eigenvalue weighted by molar-refractivity contribution is -0.136. The van der Waals surface area contributed by atoms with Crippen molar-refractivity contribution >= 4 is 23.2 Å². The fourth-order valence-electron chi connectivity index (χ4n) is 4.76. The molecule has 6 heteroatoms. The van der Waals surface area contributed by atoms with E-state index in [1.54, 1.807) is 4.90 Å². The largest absolute Gasteiger partial charge is 0.364 e. The first-order chi connectivity index (χ1) is 15.1. The normalized spacial score (nSPS) is 20.8. The van der Waals surface area contributed by atoms with E-state index in [1.807, 2.05) is 31.2 Å². The van der Waals surface area contributed by atoms with E-state index in [1.165, 1.54) is 17.7 Å². The SMILES string of the molecule is CCCC(=O)N1CCC[C@H]1C(=O)Nc1ccc([C@@H]2CCCN2c2ccc(F)cc2)cc1. The quantitative estimate of drug-likeness (QED) is 0.719. The predicted molar refractivity (Wildman–Crippen MR) is 120 cm³/mol. The second-order valence-corrected chi connectivity index (χ2v) is 8.43. The van der Waals surface area contributed by atoms with Gasteiger partial charge < -0.3 is 15.1 Å². The average Bonchev–Trinajstić information content (AvgIpc) is 3.45. The maximum absolute atomic E-state index is 13.3. The van der Waals surface area contributed by atoms with E-state index in [4.69, 9.17) is 0 Å². The van der Waals surface area contributed by atoms with E-state index >= 15 is 0 Å². The number of carbonyl (C=O) groups is 2. The van der Waals surface area contributed by atoms with Crippen LogP contribution in [0.5, 0.6) is 0 Å². The number of amides is 2. The van der Waals surface area contributed by atoms with Crippen molar-refractivity contribution in [3.8, 4) is 0 Å². The summed E-state index contributed by atoms with van der Waals surface area (Å²) in [5.41, 5.74) is 2.95. The molecule has 0 spiro atoms. The third-order valence-electron chi connectivity index (χ3n) is 6.31. The Hall–Kier alpha value is -2.89. The summed E-state index contributed by atoms with van der Waals surface area (Å²) in [5.74, 6) is -0.266. The van der Waals surface area contributed by atoms with Crippen LogP contribution in [0.25, 0.3) is 0 Å². The molecule has 0 saturated carbocycles. The van der Waals surface area contributed by atoms with Gasteiger partial charge >= 0.3 is 0 Å². The summed E-state index contributed by atoms with van der Waals surface area (Å²) >= 11 is 0. The summed E-state index contributed by atoms with van der Waals surface area (Å²) in [4.78, 5) is 29.1. The van der Waals surface area contributed by atoms with Gasteiger partial charge in [-0.15, -0.1) is 0 Å². The van der Waals surface area contributed by atoms with Crippen LogP contribution in [0.1, 0.15) is 57.1 Å². The zero-order chi connectivity index (χ0) is 21.8. The maximum atomic E-state index is 13.3. The Morgan fingerprint density at radius 1 is 1.00 bits per heavy atom. The van der Waals surface area contributed by atoms with E-state index in [0.29, 0.717) is 19.4 Å². The van der Waals surface area contributed by atoms with Crippen LogP contribution in [0.3, 0.4) is 0 Å². The molecular weight excluding hydrogens is 393 g/mol. The second kappa shape index (κ2) is 9.50. The Bertz CT molecular complexity index is 913. The van der Waals surface area contributed by atoms with Gasteiger partial charge in [0.25, 0.3) is 0 Å². The molecule has 164 valence electrons. The highest BCUT2D eigenvalue weighted by Crippen LogP contribution is 2.36. The van der Waals surface area contributed by atoms with Gasteiger partial charge in [-0.3, -0.25) is 9.59 Å². The lowest BCUT2D eigenvalue weighted by Gasteiger charge is -2.27. The fraction of sp³-hybridized carbons (Fsp3) is 0.440. The van der Waals surface area contributed by atoms with Crippen LogP contribution >= 0.6 is 0 Å². The molecule has 2 heterocycles. The van der Waals surface area contributed by atoms with E-state index in [9.17, 15) is 14.0 Å². The van der Waals surface area contributed by atoms with E-state index < -0.39 is 0 Å². The molecule has 5 nitrogen and oxygen atoms in total. The number of nitrogens with one attached hydrogen (secondary N) is 1. The molecule has 1 N–H and O–H groups in total. The van der Waals surface area contributed by atoms with E-state index in [-0.39, 0.29) is 29.7 Å². The highest BCUT2D eigenvalue weighted by atomic mass is 19.1. The molecule has 4 rings (SSSR count). The van der Waals surface area contributed by atoms with Gasteiger partial charge in [0.05, 0.1) is 6.04 Å². The number of rotatable bonds is 6. The molecule has 2 aromatic rings. The van der Waals surface area contributed by atoms with Crippen molar-refractivity contribution in [2.75, 3.05) is 23.3 Å². The van der Waals surface area contributed by atoms with Crippen molar-refractivity contribution in [2.24, 2.45) is 0 Å². The number of hydrogen-bond acceptors (Lipinski definition) is 3. The molecule has 2 fully saturated rings. The van der Waals surface area contributed by atoms with Crippen LogP contribution in [0.2, 0.25) is 0 Å². The minimum atomic E-state index is -0.373. The van der Waals surface area contributed by atoms with Gasteiger partial charge in [0.1, 0.15) is 11.9 Å². The van der Waals surface area contributed by atoms with Crippen LogP contribution < -0.4 is 10.2 Å². The highest BCUT2D eigenvalue weighted by Gasteiger charge is 2.33. The molecule has 0 unspecified atom stereocenters. The molecule has 0 aromatic heterocycles. The molecule has 0 aliphatic carbocycles. The summed E-state index contributed by atoms with van der Waals surface area (Å²) in [5, 5.41) is 2.99. The van der Waals surface area contributed by atoms with Crippen LogP contribution in [0.4, 0.5) is 15.8 Å². The Labute approximate surface area is 183 Å². The van der Waals surface area contributed by atoms with Gasteiger partial charge in [-0.25, -0.2) is 4.39 Å². The summed E-state index contributed by atoms with van der Waals surface area (Å²) in [6.45, 7) is 3.58. The lowest BCUT2D eigenvalue weighted by atomic mass is 10.0. The van der Waals surface area contributed by atoms with E-state index in [0.717, 1.165) is 43.6 Å². The Balaban J connectivity index is 1.41. The minimum absolute atomic E-state index is 0.0672. The van der Waals surface area contributed by atoms with Crippen LogP contribution in [0, 0.1) is 5.82 Å². The van der Waals surface area contributed by atoms with Gasteiger partial charge in [-0.1, -0.05) is 19.1 Å². The number of hydrogen-bond donors (Lipinski definition) is 1. The summed E-state index contributed by atoms with van der Waals surface area (Å²) in [6.07, 6.45) is 5.00. The summed E-state index contributed by atoms with van der Waals surface area (Å²) in [6, 6.07) is 14.5. The molecule has 2 aromatic carbocycles. The minimum Gasteiger partial charge on any atom is -0.364 e. The van der Waals surface area contributed by atoms with Crippen molar-refractivity contribution in [2.45, 2.75) is 57.5 Å². The number of benzene rings is 2. The topological polar surface area (TPSA) is 52.7 Å². The monoisotopic (exact) mass is 423 g/mol. The average molecular weight is 424 g/mol. The maximum Gasteiger partial charge on any atom is 0.247 e. The number of carbonyl (C=O) groups excluding carboxylic acids is 2. The molecule has 31 heavy (non-hydrogen) atoms. The van der Waals surface area contributed by atoms with Crippen LogP contribution in [-0.2, 0) is 9.59 Å². The first-order valence-corrected chi connectivity index (χ1v) is 11.3. The molecule has 0 radical (unpaired) electrons. The fourth-order valence-corrected chi connectivity index (χ4v) is 4.76. The molecule has 2 aliphatic heterocycles. The van der Waals surface area contributed by atoms with Crippen LogP contribution in [0.15, 0.2) is 48.5 Å². The highest BCUT2D eigenvalue weighted by molar-refractivity contribution is 5.97. The third kappa shape index (κ3) is 4.73. The number of anilines is 2. The predicted octanol–water partition coefficient (Wildman–Crippen LogP) is 4.90. The van der Waals surface area contributed by atoms with Crippen molar-refractivity contribution in [3.05, 3.63) is 59.9 Å². The zero-order valence-electron chi connectivity index (χ0n) is 18.0. The third-order valence-corrected chi connectivity index (χ3v) is 6.31.